The second kappa shape index (κ2) is 6.27. The standard InChI is InChI=1S/C10H13BrClNO/c1-14-10-3-2-9(12)6-8(10)4-5-13-7-11/h2-3,6,13H,4-5,7H2,1H3. The molecule has 0 amide bonds. The molecule has 1 rings (SSSR count). The van der Waals surface area contributed by atoms with Gasteiger partial charge in [-0.3, -0.25) is 0 Å². The zero-order valence-electron chi connectivity index (χ0n) is 8.02. The van der Waals surface area contributed by atoms with Gasteiger partial charge < -0.3 is 10.1 Å². The predicted molar refractivity (Wildman–Crippen MR) is 63.5 cm³/mol. The van der Waals surface area contributed by atoms with Crippen LogP contribution in [0.25, 0.3) is 0 Å². The van der Waals surface area contributed by atoms with E-state index in [-0.39, 0.29) is 0 Å². The Labute approximate surface area is 97.7 Å². The summed E-state index contributed by atoms with van der Waals surface area (Å²) >= 11 is 9.21. The van der Waals surface area contributed by atoms with Crippen LogP contribution in [0.4, 0.5) is 0 Å². The summed E-state index contributed by atoms with van der Waals surface area (Å²) in [6.45, 7) is 0.905. The van der Waals surface area contributed by atoms with Crippen LogP contribution < -0.4 is 10.1 Å². The average Bonchev–Trinajstić information content (AvgIpc) is 2.19. The van der Waals surface area contributed by atoms with E-state index in [1.807, 2.05) is 18.2 Å². The number of alkyl halides is 1. The van der Waals surface area contributed by atoms with Crippen molar-refractivity contribution in [1.29, 1.82) is 0 Å². The molecule has 1 aromatic carbocycles. The maximum Gasteiger partial charge on any atom is 0.122 e. The Morgan fingerprint density at radius 1 is 1.50 bits per heavy atom. The molecule has 4 heteroatoms. The van der Waals surface area contributed by atoms with Gasteiger partial charge in [-0.1, -0.05) is 27.5 Å². The van der Waals surface area contributed by atoms with E-state index in [2.05, 4.69) is 21.2 Å². The number of methoxy groups -OCH3 is 1. The summed E-state index contributed by atoms with van der Waals surface area (Å²) in [6, 6.07) is 5.67. The molecule has 1 aromatic rings. The third-order valence-electron chi connectivity index (χ3n) is 1.91. The van der Waals surface area contributed by atoms with Gasteiger partial charge in [0.05, 0.1) is 12.6 Å². The van der Waals surface area contributed by atoms with Gasteiger partial charge in [-0.2, -0.15) is 0 Å². The van der Waals surface area contributed by atoms with Crippen molar-refractivity contribution >= 4 is 27.5 Å². The molecule has 78 valence electrons. The maximum absolute atomic E-state index is 5.90. The molecule has 2 nitrogen and oxygen atoms in total. The molecule has 0 saturated heterocycles. The highest BCUT2D eigenvalue weighted by molar-refractivity contribution is 9.09. The average molecular weight is 279 g/mol. The van der Waals surface area contributed by atoms with Gasteiger partial charge in [0.1, 0.15) is 5.75 Å². The minimum absolute atomic E-state index is 0.750. The SMILES string of the molecule is COc1ccc(Cl)cc1CCNCBr. The number of nitrogens with one attached hydrogen (secondary N) is 1. The molecule has 0 bridgehead atoms. The third-order valence-corrected chi connectivity index (χ3v) is 2.54. The van der Waals surface area contributed by atoms with Gasteiger partial charge in [-0.15, -0.1) is 0 Å². The summed E-state index contributed by atoms with van der Waals surface area (Å²) in [7, 11) is 1.67. The number of ether oxygens (including phenoxy) is 1. The smallest absolute Gasteiger partial charge is 0.122 e. The fourth-order valence-electron chi connectivity index (χ4n) is 1.23. The van der Waals surface area contributed by atoms with Crippen molar-refractivity contribution in [1.82, 2.24) is 5.32 Å². The number of benzene rings is 1. The Morgan fingerprint density at radius 3 is 2.93 bits per heavy atom. The van der Waals surface area contributed by atoms with E-state index >= 15 is 0 Å². The molecule has 0 saturated carbocycles. The van der Waals surface area contributed by atoms with Crippen molar-refractivity contribution < 1.29 is 4.74 Å². The van der Waals surface area contributed by atoms with Gasteiger partial charge in [-0.25, -0.2) is 0 Å². The first-order valence-corrected chi connectivity index (χ1v) is 5.87. The fraction of sp³-hybridized carbons (Fsp3) is 0.400. The van der Waals surface area contributed by atoms with Crippen LogP contribution in [0.3, 0.4) is 0 Å². The number of rotatable bonds is 5. The minimum atomic E-state index is 0.750. The van der Waals surface area contributed by atoms with E-state index in [1.54, 1.807) is 7.11 Å². The largest absolute Gasteiger partial charge is 0.496 e. The lowest BCUT2D eigenvalue weighted by Crippen LogP contribution is -2.14. The molecule has 1 N–H and O–H groups in total. The van der Waals surface area contributed by atoms with Crippen LogP contribution in [0.5, 0.6) is 5.75 Å². The van der Waals surface area contributed by atoms with Crippen LogP contribution in [0, 0.1) is 0 Å². The molecule has 0 unspecified atom stereocenters. The Kier molecular flexibility index (Phi) is 5.30. The van der Waals surface area contributed by atoms with Crippen LogP contribution in [-0.2, 0) is 6.42 Å². The van der Waals surface area contributed by atoms with Crippen molar-refractivity contribution in [3.8, 4) is 5.75 Å². The van der Waals surface area contributed by atoms with E-state index in [1.165, 1.54) is 0 Å². The molecule has 0 aliphatic rings. The molecule has 0 aliphatic carbocycles. The van der Waals surface area contributed by atoms with Crippen LogP contribution in [0.1, 0.15) is 5.56 Å². The van der Waals surface area contributed by atoms with Crippen molar-refractivity contribution in [2.24, 2.45) is 0 Å². The molecular weight excluding hydrogens is 265 g/mol. The lowest BCUT2D eigenvalue weighted by molar-refractivity contribution is 0.409. The van der Waals surface area contributed by atoms with Crippen LogP contribution in [0.2, 0.25) is 5.02 Å². The van der Waals surface area contributed by atoms with E-state index in [0.29, 0.717) is 0 Å². The van der Waals surface area contributed by atoms with Crippen molar-refractivity contribution in [2.45, 2.75) is 6.42 Å². The summed E-state index contributed by atoms with van der Waals surface area (Å²) in [4.78, 5) is 0. The fourth-order valence-corrected chi connectivity index (χ4v) is 1.71. The number of hydrogen-bond donors (Lipinski definition) is 1. The normalized spacial score (nSPS) is 10.2. The second-order valence-corrected chi connectivity index (χ2v) is 3.84. The Hall–Kier alpha value is -0.250. The summed E-state index contributed by atoms with van der Waals surface area (Å²) in [5.74, 6) is 0.894. The zero-order valence-corrected chi connectivity index (χ0v) is 10.4. The maximum atomic E-state index is 5.90. The Bertz CT molecular complexity index is 293. The molecular formula is C10H13BrClNO. The highest BCUT2D eigenvalue weighted by atomic mass is 79.9. The van der Waals surface area contributed by atoms with E-state index in [4.69, 9.17) is 16.3 Å². The Morgan fingerprint density at radius 2 is 2.29 bits per heavy atom. The first-order valence-electron chi connectivity index (χ1n) is 4.37. The van der Waals surface area contributed by atoms with E-state index in [0.717, 1.165) is 34.8 Å². The van der Waals surface area contributed by atoms with Crippen LogP contribution in [0.15, 0.2) is 18.2 Å². The van der Waals surface area contributed by atoms with Crippen LogP contribution in [-0.4, -0.2) is 19.1 Å². The van der Waals surface area contributed by atoms with E-state index in [9.17, 15) is 0 Å². The number of hydrogen-bond acceptors (Lipinski definition) is 2. The Balaban J connectivity index is 2.67. The van der Waals surface area contributed by atoms with Gasteiger partial charge in [0.25, 0.3) is 0 Å². The summed E-state index contributed by atoms with van der Waals surface area (Å²) in [6.07, 6.45) is 0.912. The van der Waals surface area contributed by atoms with Gasteiger partial charge in [0.2, 0.25) is 0 Å². The molecule has 0 aliphatic heterocycles. The summed E-state index contributed by atoms with van der Waals surface area (Å²) in [5, 5.41) is 3.94. The summed E-state index contributed by atoms with van der Waals surface area (Å²) < 4.78 is 5.23. The van der Waals surface area contributed by atoms with Crippen molar-refractivity contribution in [3.05, 3.63) is 28.8 Å². The lowest BCUT2D eigenvalue weighted by Gasteiger charge is -2.08. The molecule has 14 heavy (non-hydrogen) atoms. The highest BCUT2D eigenvalue weighted by Crippen LogP contribution is 2.22. The quantitative estimate of drug-likeness (QED) is 0.508. The molecule has 0 atom stereocenters. The molecule has 0 spiro atoms. The van der Waals surface area contributed by atoms with Crippen LogP contribution >= 0.6 is 27.5 Å². The summed E-state index contributed by atoms with van der Waals surface area (Å²) in [5.41, 5.74) is 1.93. The highest BCUT2D eigenvalue weighted by Gasteiger charge is 2.02. The molecule has 0 fully saturated rings. The van der Waals surface area contributed by atoms with Gasteiger partial charge in [0, 0.05) is 11.6 Å². The zero-order chi connectivity index (χ0) is 10.4. The van der Waals surface area contributed by atoms with E-state index < -0.39 is 0 Å². The van der Waals surface area contributed by atoms with Crippen molar-refractivity contribution in [3.63, 3.8) is 0 Å². The van der Waals surface area contributed by atoms with Gasteiger partial charge in [0.15, 0.2) is 0 Å². The first-order chi connectivity index (χ1) is 6.77. The molecule has 0 radical (unpaired) electrons. The first kappa shape index (κ1) is 11.8. The molecule has 0 aromatic heterocycles. The van der Waals surface area contributed by atoms with Gasteiger partial charge in [-0.05, 0) is 30.2 Å². The lowest BCUT2D eigenvalue weighted by atomic mass is 10.1. The third kappa shape index (κ3) is 3.48. The molecule has 0 heterocycles. The second-order valence-electron chi connectivity index (χ2n) is 2.84. The monoisotopic (exact) mass is 277 g/mol. The topological polar surface area (TPSA) is 21.3 Å². The minimum Gasteiger partial charge on any atom is -0.496 e. The predicted octanol–water partition coefficient (Wildman–Crippen LogP) is 2.83. The van der Waals surface area contributed by atoms with Gasteiger partial charge >= 0.3 is 0 Å². The van der Waals surface area contributed by atoms with Crippen molar-refractivity contribution in [2.75, 3.05) is 19.1 Å². The number of halogens is 2.